The summed E-state index contributed by atoms with van der Waals surface area (Å²) in [4.78, 5) is 11.2. The molecule has 0 heterocycles. The molecule has 2 aromatic carbocycles. The molecule has 0 saturated heterocycles. The van der Waals surface area contributed by atoms with Gasteiger partial charge in [-0.05, 0) is 66.3 Å². The van der Waals surface area contributed by atoms with Crippen LogP contribution in [0.2, 0.25) is 0 Å². The molecule has 1 aliphatic rings. The van der Waals surface area contributed by atoms with Crippen molar-refractivity contribution < 1.29 is 9.53 Å². The van der Waals surface area contributed by atoms with E-state index in [9.17, 15) is 4.79 Å². The Kier molecular flexibility index (Phi) is 4.72. The lowest BCUT2D eigenvalue weighted by Crippen LogP contribution is -2.34. The van der Waals surface area contributed by atoms with Gasteiger partial charge >= 0.3 is 0 Å². The van der Waals surface area contributed by atoms with Crippen LogP contribution in [0.25, 0.3) is 11.1 Å². The first-order valence-corrected chi connectivity index (χ1v) is 9.57. The summed E-state index contributed by atoms with van der Waals surface area (Å²) in [6.45, 7) is 14.1. The van der Waals surface area contributed by atoms with E-state index in [1.807, 2.05) is 25.1 Å². The highest BCUT2D eigenvalue weighted by Crippen LogP contribution is 2.50. The topological polar surface area (TPSA) is 26.3 Å². The second-order valence-electron chi connectivity index (χ2n) is 8.81. The summed E-state index contributed by atoms with van der Waals surface area (Å²) in [5, 5.41) is 0. The van der Waals surface area contributed by atoms with Crippen LogP contribution in [-0.4, -0.2) is 12.9 Å². The summed E-state index contributed by atoms with van der Waals surface area (Å²) in [5.74, 6) is 0.795. The fraction of sp³-hybridized carbons (Fsp3) is 0.458. The minimum atomic E-state index is 0.112. The molecule has 0 fully saturated rings. The van der Waals surface area contributed by atoms with Crippen LogP contribution in [0.3, 0.4) is 0 Å². The predicted octanol–water partition coefficient (Wildman–Crippen LogP) is 6.22. The number of fused-ring (bicyclic) bond motifs is 1. The summed E-state index contributed by atoms with van der Waals surface area (Å²) in [6, 6.07) is 10.4. The van der Waals surface area contributed by atoms with Gasteiger partial charge in [-0.1, -0.05) is 51.5 Å². The molecular formula is C24H30O2. The van der Waals surface area contributed by atoms with Crippen LogP contribution in [0.4, 0.5) is 0 Å². The van der Waals surface area contributed by atoms with Crippen molar-refractivity contribution in [1.82, 2.24) is 0 Å². The standard InChI is InChI=1S/C24H30O2/c1-7-26-21-14-17(15-25)8-9-18(21)19-12-16(2)13-20-22(19)24(5,6)11-10-23(20,3)4/h8-9,12-15H,7,10-11H2,1-6H3. The highest BCUT2D eigenvalue weighted by molar-refractivity contribution is 5.82. The Morgan fingerprint density at radius 1 is 1.00 bits per heavy atom. The summed E-state index contributed by atoms with van der Waals surface area (Å²) in [7, 11) is 0. The van der Waals surface area contributed by atoms with E-state index in [1.54, 1.807) is 0 Å². The largest absolute Gasteiger partial charge is 0.493 e. The van der Waals surface area contributed by atoms with Crippen molar-refractivity contribution in [2.24, 2.45) is 0 Å². The average Bonchev–Trinajstić information content (AvgIpc) is 2.58. The molecule has 1 aliphatic carbocycles. The molecule has 0 saturated carbocycles. The van der Waals surface area contributed by atoms with Crippen LogP contribution in [0, 0.1) is 6.92 Å². The quantitative estimate of drug-likeness (QED) is 0.612. The third kappa shape index (κ3) is 3.18. The lowest BCUT2D eigenvalue weighted by atomic mass is 9.61. The zero-order valence-corrected chi connectivity index (χ0v) is 16.9. The van der Waals surface area contributed by atoms with Gasteiger partial charge in [-0.25, -0.2) is 0 Å². The first-order chi connectivity index (χ1) is 12.2. The summed E-state index contributed by atoms with van der Waals surface area (Å²) >= 11 is 0. The molecule has 0 spiro atoms. The van der Waals surface area contributed by atoms with Gasteiger partial charge in [-0.3, -0.25) is 4.79 Å². The molecule has 138 valence electrons. The molecule has 0 amide bonds. The normalized spacial score (nSPS) is 17.5. The van der Waals surface area contributed by atoms with Gasteiger partial charge in [0.05, 0.1) is 6.61 Å². The van der Waals surface area contributed by atoms with Gasteiger partial charge in [0.1, 0.15) is 12.0 Å². The Hall–Kier alpha value is -2.09. The molecule has 3 rings (SSSR count). The van der Waals surface area contributed by atoms with Gasteiger partial charge in [-0.15, -0.1) is 0 Å². The molecular weight excluding hydrogens is 320 g/mol. The Morgan fingerprint density at radius 3 is 2.35 bits per heavy atom. The van der Waals surface area contributed by atoms with E-state index in [4.69, 9.17) is 4.74 Å². The molecule has 0 atom stereocenters. The fourth-order valence-electron chi connectivity index (χ4n) is 4.26. The average molecular weight is 351 g/mol. The van der Waals surface area contributed by atoms with E-state index in [0.717, 1.165) is 17.6 Å². The molecule has 0 radical (unpaired) electrons. The number of carbonyl (C=O) groups excluding carboxylic acids is 1. The van der Waals surface area contributed by atoms with Gasteiger partial charge < -0.3 is 4.74 Å². The number of benzene rings is 2. The predicted molar refractivity (Wildman–Crippen MR) is 108 cm³/mol. The van der Waals surface area contributed by atoms with Gasteiger partial charge in [0.15, 0.2) is 0 Å². The number of carbonyl (C=O) groups is 1. The maximum absolute atomic E-state index is 11.2. The monoisotopic (exact) mass is 350 g/mol. The second-order valence-corrected chi connectivity index (χ2v) is 8.81. The highest BCUT2D eigenvalue weighted by Gasteiger charge is 2.39. The van der Waals surface area contributed by atoms with Crippen LogP contribution in [0.1, 0.15) is 74.5 Å². The lowest BCUT2D eigenvalue weighted by Gasteiger charge is -2.43. The Morgan fingerprint density at radius 2 is 1.69 bits per heavy atom. The van der Waals surface area contributed by atoms with Crippen LogP contribution in [-0.2, 0) is 10.8 Å². The third-order valence-corrected chi connectivity index (χ3v) is 5.80. The molecule has 26 heavy (non-hydrogen) atoms. The van der Waals surface area contributed by atoms with E-state index in [-0.39, 0.29) is 10.8 Å². The minimum Gasteiger partial charge on any atom is -0.493 e. The van der Waals surface area contributed by atoms with E-state index < -0.39 is 0 Å². The van der Waals surface area contributed by atoms with Gasteiger partial charge in [-0.2, -0.15) is 0 Å². The Balaban J connectivity index is 2.34. The maximum atomic E-state index is 11.2. The first kappa shape index (κ1) is 18.7. The molecule has 0 aromatic heterocycles. The number of aryl methyl sites for hydroxylation is 1. The van der Waals surface area contributed by atoms with Crippen molar-refractivity contribution in [3.8, 4) is 16.9 Å². The SMILES string of the molecule is CCOc1cc(C=O)ccc1-c1cc(C)cc2c1C(C)(C)CCC2(C)C. The Bertz CT molecular complexity index is 844. The molecule has 0 aliphatic heterocycles. The molecule has 2 heteroatoms. The number of hydrogen-bond acceptors (Lipinski definition) is 2. The molecule has 0 unspecified atom stereocenters. The smallest absolute Gasteiger partial charge is 0.150 e. The van der Waals surface area contributed by atoms with Crippen molar-refractivity contribution in [1.29, 1.82) is 0 Å². The Labute approximate surface area is 157 Å². The first-order valence-electron chi connectivity index (χ1n) is 9.57. The zero-order valence-electron chi connectivity index (χ0n) is 16.9. The van der Waals surface area contributed by atoms with Gasteiger partial charge in [0.25, 0.3) is 0 Å². The van der Waals surface area contributed by atoms with E-state index >= 15 is 0 Å². The van der Waals surface area contributed by atoms with Crippen molar-refractivity contribution in [2.75, 3.05) is 6.61 Å². The number of aldehydes is 1. The van der Waals surface area contributed by atoms with Crippen LogP contribution >= 0.6 is 0 Å². The summed E-state index contributed by atoms with van der Waals surface area (Å²) in [5.41, 5.74) is 7.41. The van der Waals surface area contributed by atoms with Crippen molar-refractivity contribution in [3.05, 3.63) is 52.6 Å². The summed E-state index contributed by atoms with van der Waals surface area (Å²) in [6.07, 6.45) is 3.24. The molecule has 0 bridgehead atoms. The zero-order chi connectivity index (χ0) is 19.1. The number of ether oxygens (including phenoxy) is 1. The fourth-order valence-corrected chi connectivity index (χ4v) is 4.26. The molecule has 0 N–H and O–H groups in total. The number of rotatable bonds is 4. The van der Waals surface area contributed by atoms with Crippen LogP contribution in [0.5, 0.6) is 5.75 Å². The third-order valence-electron chi connectivity index (χ3n) is 5.80. The maximum Gasteiger partial charge on any atom is 0.150 e. The minimum absolute atomic E-state index is 0.112. The van der Waals surface area contributed by atoms with E-state index in [0.29, 0.717) is 12.2 Å². The van der Waals surface area contributed by atoms with E-state index in [2.05, 4.69) is 46.8 Å². The van der Waals surface area contributed by atoms with Crippen LogP contribution in [0.15, 0.2) is 30.3 Å². The highest BCUT2D eigenvalue weighted by atomic mass is 16.5. The van der Waals surface area contributed by atoms with Crippen molar-refractivity contribution >= 4 is 6.29 Å². The molecule has 2 nitrogen and oxygen atoms in total. The number of hydrogen-bond donors (Lipinski definition) is 0. The van der Waals surface area contributed by atoms with Gasteiger partial charge in [0.2, 0.25) is 0 Å². The van der Waals surface area contributed by atoms with Crippen molar-refractivity contribution in [2.45, 2.75) is 65.2 Å². The van der Waals surface area contributed by atoms with Crippen molar-refractivity contribution in [3.63, 3.8) is 0 Å². The lowest BCUT2D eigenvalue weighted by molar-refractivity contribution is 0.112. The van der Waals surface area contributed by atoms with Crippen LogP contribution < -0.4 is 4.74 Å². The van der Waals surface area contributed by atoms with E-state index in [1.165, 1.54) is 35.1 Å². The second kappa shape index (κ2) is 6.57. The molecule has 2 aromatic rings. The van der Waals surface area contributed by atoms with Gasteiger partial charge in [0, 0.05) is 11.1 Å². The summed E-state index contributed by atoms with van der Waals surface area (Å²) < 4.78 is 5.93.